The van der Waals surface area contributed by atoms with Gasteiger partial charge in [-0.15, -0.1) is 0 Å². The van der Waals surface area contributed by atoms with Gasteiger partial charge in [-0.25, -0.2) is 0 Å². The summed E-state index contributed by atoms with van der Waals surface area (Å²) in [6.45, 7) is 1.19. The standard InChI is InChI=1S/C23H30N6O8/c1-11(23(36)37)27-21(34)16(6-7-18(25)30)28-22(35)17(9-19(31)32)29-20(33)14(24)8-12-10-26-15-5-3-2-4-13(12)15/h2-5,10-11,14,16-17,26H,6-9,24H2,1H3,(H2,25,30)(H,27,34)(H,28,35)(H,29,33)(H,31,32)(H,36,37). The van der Waals surface area contributed by atoms with Gasteiger partial charge in [0.05, 0.1) is 12.5 Å². The zero-order chi connectivity index (χ0) is 27.7. The molecule has 37 heavy (non-hydrogen) atoms. The van der Waals surface area contributed by atoms with Gasteiger partial charge in [-0.2, -0.15) is 0 Å². The lowest BCUT2D eigenvalue weighted by Crippen LogP contribution is -2.57. The number of amides is 4. The van der Waals surface area contributed by atoms with Gasteiger partial charge in [-0.1, -0.05) is 18.2 Å². The largest absolute Gasteiger partial charge is 0.481 e. The summed E-state index contributed by atoms with van der Waals surface area (Å²) in [5.74, 6) is -6.30. The van der Waals surface area contributed by atoms with Crippen molar-refractivity contribution in [3.63, 3.8) is 0 Å². The Kier molecular flexibility index (Phi) is 10.1. The van der Waals surface area contributed by atoms with E-state index in [0.717, 1.165) is 16.5 Å². The molecule has 200 valence electrons. The number of fused-ring (bicyclic) bond motifs is 1. The van der Waals surface area contributed by atoms with Crippen LogP contribution < -0.4 is 27.4 Å². The Balaban J connectivity index is 2.12. The molecule has 4 unspecified atom stereocenters. The maximum absolute atomic E-state index is 12.9. The number of carbonyl (C=O) groups is 6. The molecular weight excluding hydrogens is 488 g/mol. The van der Waals surface area contributed by atoms with Gasteiger partial charge >= 0.3 is 11.9 Å². The van der Waals surface area contributed by atoms with E-state index in [1.807, 2.05) is 24.3 Å². The van der Waals surface area contributed by atoms with Crippen molar-refractivity contribution in [3.8, 4) is 0 Å². The normalized spacial score (nSPS) is 14.1. The van der Waals surface area contributed by atoms with E-state index in [9.17, 15) is 33.9 Å². The molecule has 4 atom stereocenters. The van der Waals surface area contributed by atoms with E-state index in [2.05, 4.69) is 20.9 Å². The molecule has 0 bridgehead atoms. The molecule has 1 aromatic heterocycles. The molecule has 0 saturated carbocycles. The van der Waals surface area contributed by atoms with Crippen molar-refractivity contribution in [2.24, 2.45) is 11.5 Å². The van der Waals surface area contributed by atoms with Crippen molar-refractivity contribution in [1.82, 2.24) is 20.9 Å². The molecule has 1 aromatic carbocycles. The molecule has 0 fully saturated rings. The number of carbonyl (C=O) groups excluding carboxylic acids is 4. The number of aliphatic carboxylic acids is 2. The molecule has 1 heterocycles. The van der Waals surface area contributed by atoms with Crippen LogP contribution in [-0.4, -0.2) is 74.9 Å². The number of primary amides is 1. The third kappa shape index (κ3) is 8.61. The van der Waals surface area contributed by atoms with Crippen LogP contribution in [0.3, 0.4) is 0 Å². The van der Waals surface area contributed by atoms with Gasteiger partial charge in [-0.05, 0) is 31.4 Å². The fraction of sp³-hybridized carbons (Fsp3) is 0.391. The van der Waals surface area contributed by atoms with Gasteiger partial charge < -0.3 is 42.6 Å². The van der Waals surface area contributed by atoms with Crippen molar-refractivity contribution < 1.29 is 39.0 Å². The lowest BCUT2D eigenvalue weighted by Gasteiger charge is -2.24. The molecule has 10 N–H and O–H groups in total. The summed E-state index contributed by atoms with van der Waals surface area (Å²) in [5, 5.41) is 25.8. The van der Waals surface area contributed by atoms with E-state index in [-0.39, 0.29) is 19.3 Å². The molecule has 2 aromatic rings. The van der Waals surface area contributed by atoms with Crippen molar-refractivity contribution in [1.29, 1.82) is 0 Å². The third-order valence-corrected chi connectivity index (χ3v) is 5.50. The van der Waals surface area contributed by atoms with Crippen LogP contribution in [-0.2, 0) is 35.2 Å². The number of carboxylic acids is 2. The zero-order valence-corrected chi connectivity index (χ0v) is 20.0. The van der Waals surface area contributed by atoms with Crippen LogP contribution in [0.2, 0.25) is 0 Å². The first-order valence-electron chi connectivity index (χ1n) is 11.3. The second kappa shape index (κ2) is 13.0. The summed E-state index contributed by atoms with van der Waals surface area (Å²) in [5.41, 5.74) is 12.7. The van der Waals surface area contributed by atoms with E-state index in [1.54, 1.807) is 6.20 Å². The number of rotatable bonds is 14. The number of aromatic nitrogens is 1. The van der Waals surface area contributed by atoms with Crippen LogP contribution in [0.5, 0.6) is 0 Å². The molecular formula is C23H30N6O8. The number of H-pyrrole nitrogens is 1. The molecule has 4 amide bonds. The highest BCUT2D eigenvalue weighted by atomic mass is 16.4. The summed E-state index contributed by atoms with van der Waals surface area (Å²) in [6.07, 6.45) is 0.346. The highest BCUT2D eigenvalue weighted by Crippen LogP contribution is 2.18. The van der Waals surface area contributed by atoms with E-state index in [1.165, 1.54) is 6.92 Å². The molecule has 0 aliphatic rings. The Morgan fingerprint density at radius 2 is 1.57 bits per heavy atom. The molecule has 0 aliphatic heterocycles. The first-order chi connectivity index (χ1) is 17.4. The van der Waals surface area contributed by atoms with Crippen molar-refractivity contribution in [2.45, 2.75) is 56.8 Å². The smallest absolute Gasteiger partial charge is 0.325 e. The fourth-order valence-electron chi connectivity index (χ4n) is 3.50. The maximum atomic E-state index is 12.9. The van der Waals surface area contributed by atoms with Gasteiger partial charge in [0, 0.05) is 23.5 Å². The first kappa shape index (κ1) is 28.8. The number of hydrogen-bond acceptors (Lipinski definition) is 7. The highest BCUT2D eigenvalue weighted by Gasteiger charge is 2.31. The maximum Gasteiger partial charge on any atom is 0.325 e. The Hall–Kier alpha value is -4.46. The van der Waals surface area contributed by atoms with Crippen molar-refractivity contribution >= 4 is 46.5 Å². The van der Waals surface area contributed by atoms with Gasteiger partial charge in [0.1, 0.15) is 18.1 Å². The van der Waals surface area contributed by atoms with E-state index >= 15 is 0 Å². The van der Waals surface area contributed by atoms with Crippen LogP contribution in [0.25, 0.3) is 10.9 Å². The summed E-state index contributed by atoms with van der Waals surface area (Å²) < 4.78 is 0. The predicted molar refractivity (Wildman–Crippen MR) is 130 cm³/mol. The first-order valence-corrected chi connectivity index (χ1v) is 11.3. The number of para-hydroxylation sites is 1. The van der Waals surface area contributed by atoms with Gasteiger partial charge in [0.2, 0.25) is 23.6 Å². The monoisotopic (exact) mass is 518 g/mol. The minimum absolute atomic E-state index is 0.0912. The quantitative estimate of drug-likeness (QED) is 0.142. The van der Waals surface area contributed by atoms with E-state index in [4.69, 9.17) is 16.6 Å². The number of hydrogen-bond donors (Lipinski definition) is 8. The second-order valence-electron chi connectivity index (χ2n) is 8.46. The average Bonchev–Trinajstić information content (AvgIpc) is 3.23. The van der Waals surface area contributed by atoms with Crippen molar-refractivity contribution in [2.75, 3.05) is 0 Å². The number of carboxylic acid groups (broad SMARTS) is 2. The molecule has 0 radical (unpaired) electrons. The second-order valence-corrected chi connectivity index (χ2v) is 8.46. The fourth-order valence-corrected chi connectivity index (χ4v) is 3.50. The Morgan fingerprint density at radius 3 is 2.19 bits per heavy atom. The number of nitrogens with one attached hydrogen (secondary N) is 4. The van der Waals surface area contributed by atoms with Gasteiger partial charge in [0.25, 0.3) is 0 Å². The predicted octanol–water partition coefficient (Wildman–Crippen LogP) is -1.66. The number of benzene rings is 1. The van der Waals surface area contributed by atoms with Crippen LogP contribution in [0.1, 0.15) is 31.7 Å². The lowest BCUT2D eigenvalue weighted by atomic mass is 10.0. The zero-order valence-electron chi connectivity index (χ0n) is 20.0. The minimum Gasteiger partial charge on any atom is -0.481 e. The molecule has 0 saturated heterocycles. The summed E-state index contributed by atoms with van der Waals surface area (Å²) in [4.78, 5) is 74.7. The third-order valence-electron chi connectivity index (χ3n) is 5.50. The molecule has 14 heteroatoms. The van der Waals surface area contributed by atoms with Crippen LogP contribution in [0, 0.1) is 0 Å². The molecule has 0 spiro atoms. The number of aromatic amines is 1. The van der Waals surface area contributed by atoms with E-state index < -0.39 is 66.2 Å². The highest BCUT2D eigenvalue weighted by molar-refractivity contribution is 5.96. The molecule has 14 nitrogen and oxygen atoms in total. The lowest BCUT2D eigenvalue weighted by molar-refractivity contribution is -0.143. The summed E-state index contributed by atoms with van der Waals surface area (Å²) in [7, 11) is 0. The van der Waals surface area contributed by atoms with Gasteiger partial charge in [0.15, 0.2) is 0 Å². The van der Waals surface area contributed by atoms with E-state index in [0.29, 0.717) is 0 Å². The molecule has 2 rings (SSSR count). The topological polar surface area (TPSA) is 247 Å². The Morgan fingerprint density at radius 1 is 0.946 bits per heavy atom. The SMILES string of the molecule is CC(NC(=O)C(CCC(N)=O)NC(=O)C(CC(=O)O)NC(=O)C(N)Cc1c[nH]c2ccccc12)C(=O)O. The summed E-state index contributed by atoms with van der Waals surface area (Å²) >= 11 is 0. The van der Waals surface area contributed by atoms with Crippen LogP contribution in [0.4, 0.5) is 0 Å². The van der Waals surface area contributed by atoms with Gasteiger partial charge in [-0.3, -0.25) is 28.8 Å². The van der Waals surface area contributed by atoms with Crippen LogP contribution in [0.15, 0.2) is 30.5 Å². The minimum atomic E-state index is -1.61. The van der Waals surface area contributed by atoms with Crippen LogP contribution >= 0.6 is 0 Å². The van der Waals surface area contributed by atoms with Crippen molar-refractivity contribution in [3.05, 3.63) is 36.0 Å². The Labute approximate surface area is 211 Å². The Bertz CT molecular complexity index is 1180. The average molecular weight is 519 g/mol. The number of nitrogens with two attached hydrogens (primary N) is 2. The molecule has 0 aliphatic carbocycles. The summed E-state index contributed by atoms with van der Waals surface area (Å²) in [6, 6.07) is 1.87.